The van der Waals surface area contributed by atoms with E-state index in [9.17, 15) is 24.5 Å². The molecule has 0 bridgehead atoms. The molecule has 0 aliphatic heterocycles. The molecule has 31 heavy (non-hydrogen) atoms. The van der Waals surface area contributed by atoms with Crippen molar-refractivity contribution in [3.05, 3.63) is 50.4 Å². The van der Waals surface area contributed by atoms with Crippen molar-refractivity contribution in [2.24, 2.45) is 0 Å². The molecule has 2 rings (SSSR count). The normalized spacial score (nSPS) is 10.3. The molecular weight excluding hydrogens is 428 g/mol. The first kappa shape index (κ1) is 23.8. The molecule has 0 atom stereocenters. The fourth-order valence-corrected chi connectivity index (χ4v) is 3.80. The summed E-state index contributed by atoms with van der Waals surface area (Å²) < 4.78 is 15.0. The highest BCUT2D eigenvalue weighted by Gasteiger charge is 2.23. The molecule has 1 N–H and O–H groups in total. The molecule has 1 heterocycles. The van der Waals surface area contributed by atoms with Crippen molar-refractivity contribution in [3.8, 4) is 5.75 Å². The van der Waals surface area contributed by atoms with Crippen molar-refractivity contribution in [2.75, 3.05) is 25.1 Å². The number of nitro benzene ring substituents is 1. The minimum atomic E-state index is -0.879. The second kappa shape index (κ2) is 11.1. The van der Waals surface area contributed by atoms with Crippen LogP contribution in [0.15, 0.2) is 24.3 Å². The molecule has 1 amide bonds. The van der Waals surface area contributed by atoms with Crippen LogP contribution in [0.2, 0.25) is 0 Å². The number of nitrogens with zero attached hydrogens (tertiary/aromatic N) is 1. The van der Waals surface area contributed by atoms with Crippen LogP contribution in [0.3, 0.4) is 0 Å². The predicted molar refractivity (Wildman–Crippen MR) is 113 cm³/mol. The molecule has 0 fully saturated rings. The molecule has 10 nitrogen and oxygen atoms in total. The molecule has 1 aromatic heterocycles. The van der Waals surface area contributed by atoms with Gasteiger partial charge < -0.3 is 19.5 Å². The summed E-state index contributed by atoms with van der Waals surface area (Å²) in [5.74, 6) is -2.15. The summed E-state index contributed by atoms with van der Waals surface area (Å²) >= 11 is 1.25. The highest BCUT2D eigenvalue weighted by atomic mass is 32.1. The minimum absolute atomic E-state index is 0.0888. The lowest BCUT2D eigenvalue weighted by Gasteiger charge is -2.09. The first-order valence-electron chi connectivity index (χ1n) is 9.39. The van der Waals surface area contributed by atoms with Crippen molar-refractivity contribution in [1.29, 1.82) is 0 Å². The van der Waals surface area contributed by atoms with Gasteiger partial charge in [0.15, 0.2) is 19.0 Å². The Kier molecular flexibility index (Phi) is 8.50. The summed E-state index contributed by atoms with van der Waals surface area (Å²) in [4.78, 5) is 47.5. The van der Waals surface area contributed by atoms with Crippen LogP contribution in [0.1, 0.15) is 34.6 Å². The summed E-state index contributed by atoms with van der Waals surface area (Å²) in [6, 6.07) is 5.58. The quantitative estimate of drug-likeness (QED) is 0.331. The molecular formula is C20H22N2O8S. The van der Waals surface area contributed by atoms with Gasteiger partial charge in [0.1, 0.15) is 5.00 Å². The van der Waals surface area contributed by atoms with E-state index in [1.807, 2.05) is 6.92 Å². The first-order valence-corrected chi connectivity index (χ1v) is 10.2. The summed E-state index contributed by atoms with van der Waals surface area (Å²) in [5, 5.41) is 13.8. The van der Waals surface area contributed by atoms with E-state index in [0.29, 0.717) is 11.4 Å². The van der Waals surface area contributed by atoms with E-state index in [4.69, 9.17) is 14.2 Å². The third-order valence-corrected chi connectivity index (χ3v) is 5.42. The molecule has 2 aromatic rings. The molecule has 0 radical (unpaired) electrons. The van der Waals surface area contributed by atoms with Crippen LogP contribution < -0.4 is 10.1 Å². The zero-order chi connectivity index (χ0) is 23.0. The number of amides is 1. The lowest BCUT2D eigenvalue weighted by molar-refractivity contribution is -0.385. The summed E-state index contributed by atoms with van der Waals surface area (Å²) in [6.07, 6.45) is 0.677. The van der Waals surface area contributed by atoms with Crippen LogP contribution in [0, 0.1) is 17.0 Å². The van der Waals surface area contributed by atoms with Gasteiger partial charge >= 0.3 is 17.6 Å². The minimum Gasteiger partial charge on any atom is -0.475 e. The molecule has 0 spiro atoms. The van der Waals surface area contributed by atoms with Crippen LogP contribution in [0.5, 0.6) is 5.75 Å². The maximum absolute atomic E-state index is 12.2. The maximum Gasteiger partial charge on any atom is 0.344 e. The fourth-order valence-electron chi connectivity index (χ4n) is 2.65. The maximum atomic E-state index is 12.2. The van der Waals surface area contributed by atoms with Gasteiger partial charge in [-0.1, -0.05) is 19.1 Å². The Labute approximate surface area is 182 Å². The van der Waals surface area contributed by atoms with Gasteiger partial charge in [0.25, 0.3) is 5.91 Å². The number of anilines is 1. The number of aryl methyl sites for hydroxylation is 1. The monoisotopic (exact) mass is 450 g/mol. The van der Waals surface area contributed by atoms with Crippen LogP contribution in [0.4, 0.5) is 10.7 Å². The third-order valence-electron chi connectivity index (χ3n) is 4.07. The number of benzene rings is 1. The predicted octanol–water partition coefficient (Wildman–Crippen LogP) is 3.26. The van der Waals surface area contributed by atoms with Crippen LogP contribution >= 0.6 is 11.3 Å². The van der Waals surface area contributed by atoms with Crippen molar-refractivity contribution < 1.29 is 33.5 Å². The molecule has 0 saturated carbocycles. The molecule has 1 aromatic carbocycles. The molecule has 0 aliphatic rings. The topological polar surface area (TPSA) is 134 Å². The third kappa shape index (κ3) is 6.25. The number of thiophene rings is 1. The van der Waals surface area contributed by atoms with Gasteiger partial charge in [-0.25, -0.2) is 9.59 Å². The summed E-state index contributed by atoms with van der Waals surface area (Å²) in [5.41, 5.74) is 0.721. The lowest BCUT2D eigenvalue weighted by atomic mass is 10.1. The number of ether oxygens (including phenoxy) is 3. The van der Waals surface area contributed by atoms with E-state index >= 15 is 0 Å². The van der Waals surface area contributed by atoms with E-state index < -0.39 is 36.0 Å². The van der Waals surface area contributed by atoms with E-state index in [2.05, 4.69) is 5.32 Å². The van der Waals surface area contributed by atoms with Crippen molar-refractivity contribution in [2.45, 2.75) is 27.2 Å². The molecule has 0 aliphatic carbocycles. The molecule has 0 saturated heterocycles. The highest BCUT2D eigenvalue weighted by molar-refractivity contribution is 7.17. The van der Waals surface area contributed by atoms with Crippen LogP contribution in [-0.4, -0.2) is 42.6 Å². The second-order valence-electron chi connectivity index (χ2n) is 6.15. The lowest BCUT2D eigenvalue weighted by Crippen LogP contribution is -2.24. The SMILES string of the molecule is CCOC(=O)c1c(NC(=O)COC(=O)COc2ccccc2[N+](=O)[O-])sc(CC)c1C. The highest BCUT2D eigenvalue weighted by Crippen LogP contribution is 2.34. The van der Waals surface area contributed by atoms with E-state index in [-0.39, 0.29) is 23.6 Å². The van der Waals surface area contributed by atoms with Gasteiger partial charge in [-0.15, -0.1) is 11.3 Å². The van der Waals surface area contributed by atoms with Gasteiger partial charge in [0, 0.05) is 10.9 Å². The molecule has 11 heteroatoms. The number of carbonyl (C=O) groups is 3. The summed E-state index contributed by atoms with van der Waals surface area (Å²) in [7, 11) is 0. The summed E-state index contributed by atoms with van der Waals surface area (Å²) in [6.45, 7) is 4.37. The van der Waals surface area contributed by atoms with E-state index in [1.54, 1.807) is 13.8 Å². The van der Waals surface area contributed by atoms with Gasteiger partial charge in [0.2, 0.25) is 0 Å². The van der Waals surface area contributed by atoms with Crippen molar-refractivity contribution in [3.63, 3.8) is 0 Å². The van der Waals surface area contributed by atoms with Gasteiger partial charge in [0.05, 0.1) is 17.1 Å². The number of hydrogen-bond donors (Lipinski definition) is 1. The number of rotatable bonds is 10. The first-order chi connectivity index (χ1) is 14.8. The zero-order valence-electron chi connectivity index (χ0n) is 17.3. The van der Waals surface area contributed by atoms with Gasteiger partial charge in [-0.2, -0.15) is 0 Å². The van der Waals surface area contributed by atoms with Gasteiger partial charge in [-0.3, -0.25) is 14.9 Å². The number of nitrogens with one attached hydrogen (secondary N) is 1. The fraction of sp³-hybridized carbons (Fsp3) is 0.350. The Bertz CT molecular complexity index is 986. The van der Waals surface area contributed by atoms with Crippen LogP contribution in [0.25, 0.3) is 0 Å². The Balaban J connectivity index is 1.94. The average Bonchev–Trinajstić information content (AvgIpc) is 3.05. The van der Waals surface area contributed by atoms with E-state index in [0.717, 1.165) is 10.4 Å². The van der Waals surface area contributed by atoms with Gasteiger partial charge in [-0.05, 0) is 31.9 Å². The van der Waals surface area contributed by atoms with E-state index in [1.165, 1.54) is 35.6 Å². The Morgan fingerprint density at radius 2 is 1.84 bits per heavy atom. The Morgan fingerprint density at radius 1 is 1.13 bits per heavy atom. The number of hydrogen-bond acceptors (Lipinski definition) is 9. The number of esters is 2. The van der Waals surface area contributed by atoms with Crippen molar-refractivity contribution >= 4 is 39.9 Å². The smallest absolute Gasteiger partial charge is 0.344 e. The molecule has 0 unspecified atom stereocenters. The molecule has 166 valence electrons. The Morgan fingerprint density at radius 3 is 2.48 bits per heavy atom. The van der Waals surface area contributed by atoms with Crippen LogP contribution in [-0.2, 0) is 25.5 Å². The second-order valence-corrected chi connectivity index (χ2v) is 7.26. The Hall–Kier alpha value is -3.47. The zero-order valence-corrected chi connectivity index (χ0v) is 18.1. The standard InChI is InChI=1S/C20H22N2O8S/c1-4-15-12(3)18(20(25)28-5-2)19(31-15)21-16(23)10-30-17(24)11-29-14-9-7-6-8-13(14)22(26)27/h6-9H,4-5,10-11H2,1-3H3,(H,21,23). The average molecular weight is 450 g/mol. The van der Waals surface area contributed by atoms with Crippen molar-refractivity contribution in [1.82, 2.24) is 0 Å². The number of carbonyl (C=O) groups excluding carboxylic acids is 3. The largest absolute Gasteiger partial charge is 0.475 e. The number of nitro groups is 1. The number of para-hydroxylation sites is 2.